The number of likely N-dealkylation sites (N-methyl/N-ethyl adjacent to an activating group) is 1. The van der Waals surface area contributed by atoms with Crippen LogP contribution in [0.3, 0.4) is 0 Å². The number of carbonyl (C=O) groups is 2. The Morgan fingerprint density at radius 2 is 1.96 bits per heavy atom. The third-order valence-electron chi connectivity index (χ3n) is 4.67. The van der Waals surface area contributed by atoms with Gasteiger partial charge in [-0.05, 0) is 42.2 Å². The Labute approximate surface area is 158 Å². The number of hydrogen-bond donors (Lipinski definition) is 2. The molecule has 27 heavy (non-hydrogen) atoms. The van der Waals surface area contributed by atoms with Gasteiger partial charge in [0.15, 0.2) is 0 Å². The van der Waals surface area contributed by atoms with Crippen LogP contribution in [0.4, 0.5) is 4.79 Å². The molecule has 3 rings (SSSR count). The number of carbonyl (C=O) groups excluding carboxylic acids is 2. The summed E-state index contributed by atoms with van der Waals surface area (Å²) in [4.78, 5) is 26.6. The first-order valence-corrected chi connectivity index (χ1v) is 8.87. The number of nitrogens with zero attached hydrogens (tertiary/aromatic N) is 2. The third kappa shape index (κ3) is 4.26. The van der Waals surface area contributed by atoms with Crippen LogP contribution in [-0.4, -0.2) is 29.9 Å². The minimum absolute atomic E-state index is 0.121. The molecule has 6 heteroatoms. The number of fused-ring (bicyclic) bond motifs is 1. The molecule has 0 aliphatic carbocycles. The van der Waals surface area contributed by atoms with E-state index in [1.807, 2.05) is 43.3 Å². The molecule has 1 aliphatic rings. The van der Waals surface area contributed by atoms with Gasteiger partial charge in [0.2, 0.25) is 5.91 Å². The average molecular weight is 362 g/mol. The van der Waals surface area contributed by atoms with Crippen LogP contribution in [0.15, 0.2) is 48.5 Å². The lowest BCUT2D eigenvalue weighted by molar-refractivity contribution is -0.133. The zero-order valence-electron chi connectivity index (χ0n) is 15.4. The lowest BCUT2D eigenvalue weighted by Crippen LogP contribution is -2.49. The van der Waals surface area contributed by atoms with Crippen LogP contribution in [0, 0.1) is 11.3 Å². The summed E-state index contributed by atoms with van der Waals surface area (Å²) in [5, 5.41) is 14.5. The van der Waals surface area contributed by atoms with Crippen LogP contribution >= 0.6 is 0 Å². The summed E-state index contributed by atoms with van der Waals surface area (Å²) in [6.45, 7) is 2.45. The van der Waals surface area contributed by atoms with Crippen molar-refractivity contribution >= 4 is 11.9 Å². The molecule has 2 unspecified atom stereocenters. The minimum atomic E-state index is -0.679. The van der Waals surface area contributed by atoms with E-state index in [-0.39, 0.29) is 18.0 Å². The molecule has 1 heterocycles. The van der Waals surface area contributed by atoms with Gasteiger partial charge in [-0.2, -0.15) is 5.26 Å². The monoisotopic (exact) mass is 362 g/mol. The lowest BCUT2D eigenvalue weighted by Gasteiger charge is -2.32. The molecular weight excluding hydrogens is 340 g/mol. The molecule has 3 amide bonds. The van der Waals surface area contributed by atoms with Gasteiger partial charge in [0.05, 0.1) is 11.6 Å². The molecule has 2 aromatic rings. The van der Waals surface area contributed by atoms with Gasteiger partial charge < -0.3 is 15.5 Å². The van der Waals surface area contributed by atoms with E-state index in [9.17, 15) is 9.59 Å². The maximum Gasteiger partial charge on any atom is 0.315 e. The molecule has 2 N–H and O–H groups in total. The second kappa shape index (κ2) is 7.92. The molecule has 0 radical (unpaired) electrons. The van der Waals surface area contributed by atoms with Crippen molar-refractivity contribution < 1.29 is 9.59 Å². The van der Waals surface area contributed by atoms with Crippen molar-refractivity contribution in [3.05, 3.63) is 70.8 Å². The summed E-state index contributed by atoms with van der Waals surface area (Å²) in [7, 11) is 1.73. The Morgan fingerprint density at radius 3 is 2.67 bits per heavy atom. The number of amides is 3. The van der Waals surface area contributed by atoms with Crippen molar-refractivity contribution in [1.82, 2.24) is 15.5 Å². The van der Waals surface area contributed by atoms with E-state index in [2.05, 4.69) is 16.7 Å². The lowest BCUT2D eigenvalue weighted by atomic mass is 9.95. The van der Waals surface area contributed by atoms with Crippen LogP contribution in [0.1, 0.15) is 35.2 Å². The highest BCUT2D eigenvalue weighted by molar-refractivity contribution is 5.89. The zero-order valence-corrected chi connectivity index (χ0v) is 15.4. The van der Waals surface area contributed by atoms with Crippen molar-refractivity contribution in [1.29, 1.82) is 5.26 Å². The van der Waals surface area contributed by atoms with Gasteiger partial charge >= 0.3 is 6.03 Å². The molecule has 2 aromatic carbocycles. The van der Waals surface area contributed by atoms with E-state index < -0.39 is 6.04 Å². The maximum absolute atomic E-state index is 12.5. The summed E-state index contributed by atoms with van der Waals surface area (Å²) in [6.07, 6.45) is 0.633. The molecule has 2 atom stereocenters. The van der Waals surface area contributed by atoms with E-state index in [1.54, 1.807) is 24.1 Å². The van der Waals surface area contributed by atoms with E-state index in [0.29, 0.717) is 18.5 Å². The van der Waals surface area contributed by atoms with Crippen molar-refractivity contribution in [3.8, 4) is 6.07 Å². The number of nitriles is 1. The predicted octanol–water partition coefficient (Wildman–Crippen LogP) is 2.50. The predicted molar refractivity (Wildman–Crippen MR) is 102 cm³/mol. The van der Waals surface area contributed by atoms with Crippen LogP contribution in [-0.2, 0) is 17.8 Å². The van der Waals surface area contributed by atoms with Crippen molar-refractivity contribution in [2.24, 2.45) is 0 Å². The zero-order chi connectivity index (χ0) is 19.4. The van der Waals surface area contributed by atoms with Gasteiger partial charge in [-0.3, -0.25) is 4.79 Å². The fraction of sp³-hybridized carbons (Fsp3) is 0.286. The SMILES string of the molecule is CC(Cc1ccc(C#N)cc1)NC(=O)NC1C(=O)N(C)Cc2ccccc21. The van der Waals surface area contributed by atoms with Gasteiger partial charge in [0.25, 0.3) is 0 Å². The van der Waals surface area contributed by atoms with Crippen molar-refractivity contribution in [3.63, 3.8) is 0 Å². The highest BCUT2D eigenvalue weighted by Crippen LogP contribution is 2.26. The van der Waals surface area contributed by atoms with Gasteiger partial charge in [-0.1, -0.05) is 36.4 Å². The van der Waals surface area contributed by atoms with Gasteiger partial charge in [-0.25, -0.2) is 4.79 Å². The summed E-state index contributed by atoms with van der Waals surface area (Å²) in [6, 6.07) is 15.8. The molecule has 0 saturated heterocycles. The summed E-state index contributed by atoms with van der Waals surface area (Å²) >= 11 is 0. The quantitative estimate of drug-likeness (QED) is 0.876. The average Bonchev–Trinajstić information content (AvgIpc) is 2.66. The van der Waals surface area contributed by atoms with E-state index in [1.165, 1.54) is 0 Å². The molecule has 6 nitrogen and oxygen atoms in total. The first-order valence-electron chi connectivity index (χ1n) is 8.87. The van der Waals surface area contributed by atoms with Crippen molar-refractivity contribution in [2.45, 2.75) is 32.0 Å². The number of nitrogens with one attached hydrogen (secondary N) is 2. The van der Waals surface area contributed by atoms with Gasteiger partial charge in [-0.15, -0.1) is 0 Å². The number of benzene rings is 2. The fourth-order valence-electron chi connectivity index (χ4n) is 3.30. The number of rotatable bonds is 4. The second-order valence-electron chi connectivity index (χ2n) is 6.86. The van der Waals surface area contributed by atoms with E-state index >= 15 is 0 Å². The summed E-state index contributed by atoms with van der Waals surface area (Å²) in [5.41, 5.74) is 3.52. The molecule has 138 valence electrons. The molecule has 0 bridgehead atoms. The smallest absolute Gasteiger partial charge is 0.315 e. The Morgan fingerprint density at radius 1 is 1.26 bits per heavy atom. The third-order valence-corrected chi connectivity index (χ3v) is 4.67. The second-order valence-corrected chi connectivity index (χ2v) is 6.86. The summed E-state index contributed by atoms with van der Waals surface area (Å²) < 4.78 is 0. The molecular formula is C21H22N4O2. The minimum Gasteiger partial charge on any atom is -0.339 e. The normalized spacial score (nSPS) is 16.9. The molecule has 0 fully saturated rings. The first-order chi connectivity index (χ1) is 13.0. The maximum atomic E-state index is 12.5. The topological polar surface area (TPSA) is 85.2 Å². The standard InChI is InChI=1S/C21H22N4O2/c1-14(11-15-7-9-16(12-22)10-8-15)23-21(27)24-19-18-6-4-3-5-17(18)13-25(2)20(19)26/h3-10,14,19H,11,13H2,1-2H3,(H2,23,24,27). The fourth-order valence-corrected chi connectivity index (χ4v) is 3.30. The Bertz CT molecular complexity index is 886. The Hall–Kier alpha value is -3.33. The molecule has 1 aliphatic heterocycles. The van der Waals surface area contributed by atoms with Crippen LogP contribution in [0.2, 0.25) is 0 Å². The van der Waals surface area contributed by atoms with Gasteiger partial charge in [0, 0.05) is 19.6 Å². The first kappa shape index (κ1) is 18.5. The molecule has 0 spiro atoms. The van der Waals surface area contributed by atoms with Crippen molar-refractivity contribution in [2.75, 3.05) is 7.05 Å². The summed E-state index contributed by atoms with van der Waals surface area (Å²) in [5.74, 6) is -0.122. The van der Waals surface area contributed by atoms with Crippen LogP contribution in [0.25, 0.3) is 0 Å². The van der Waals surface area contributed by atoms with E-state index in [0.717, 1.165) is 16.7 Å². The molecule has 0 aromatic heterocycles. The van der Waals surface area contributed by atoms with Crippen LogP contribution < -0.4 is 10.6 Å². The Kier molecular flexibility index (Phi) is 5.41. The molecule has 0 saturated carbocycles. The van der Waals surface area contributed by atoms with Crippen LogP contribution in [0.5, 0.6) is 0 Å². The largest absolute Gasteiger partial charge is 0.339 e. The number of hydrogen-bond acceptors (Lipinski definition) is 3. The van der Waals surface area contributed by atoms with Gasteiger partial charge in [0.1, 0.15) is 6.04 Å². The highest BCUT2D eigenvalue weighted by atomic mass is 16.2. The highest BCUT2D eigenvalue weighted by Gasteiger charge is 2.32. The van der Waals surface area contributed by atoms with E-state index in [4.69, 9.17) is 5.26 Å². The number of urea groups is 1. The Balaban J connectivity index is 1.63.